The monoisotopic (exact) mass is 326 g/mol. The third kappa shape index (κ3) is 4.59. The summed E-state index contributed by atoms with van der Waals surface area (Å²) in [6, 6.07) is 14.4. The van der Waals surface area contributed by atoms with E-state index in [-0.39, 0.29) is 18.4 Å². The van der Waals surface area contributed by atoms with Gasteiger partial charge in [0, 0.05) is 11.3 Å². The first-order chi connectivity index (χ1) is 11.5. The van der Waals surface area contributed by atoms with Crippen molar-refractivity contribution in [3.63, 3.8) is 0 Å². The third-order valence-corrected chi connectivity index (χ3v) is 3.60. The van der Waals surface area contributed by atoms with Crippen molar-refractivity contribution < 1.29 is 14.3 Å². The van der Waals surface area contributed by atoms with Crippen LogP contribution in [0.5, 0.6) is 5.75 Å². The number of ether oxygens (including phenoxy) is 1. The smallest absolute Gasteiger partial charge is 0.251 e. The molecule has 0 heterocycles. The van der Waals surface area contributed by atoms with Gasteiger partial charge in [0.05, 0.1) is 13.7 Å². The molecule has 0 fully saturated rings. The molecule has 5 nitrogen and oxygen atoms in total. The molecular formula is C19H22N2O3. The molecule has 2 N–H and O–H groups in total. The summed E-state index contributed by atoms with van der Waals surface area (Å²) in [6.07, 6.45) is 0. The molecule has 0 radical (unpaired) electrons. The van der Waals surface area contributed by atoms with E-state index in [4.69, 9.17) is 4.74 Å². The first-order valence-electron chi connectivity index (χ1n) is 7.82. The molecule has 2 aromatic rings. The van der Waals surface area contributed by atoms with Gasteiger partial charge < -0.3 is 15.4 Å². The highest BCUT2D eigenvalue weighted by molar-refractivity contribution is 5.99. The van der Waals surface area contributed by atoms with Crippen LogP contribution >= 0.6 is 0 Å². The quantitative estimate of drug-likeness (QED) is 0.857. The topological polar surface area (TPSA) is 67.4 Å². The number of carbonyl (C=O) groups is 2. The average Bonchev–Trinajstić information content (AvgIpc) is 2.60. The fourth-order valence-electron chi connectivity index (χ4n) is 2.34. The standard InChI is InChI=1S/C19H22N2O3/c1-13(2)16-9-4-5-10-17(16)21-18(22)12-20-19(23)14-7-6-8-15(11-14)24-3/h4-11,13H,12H2,1-3H3,(H,20,23)(H,21,22). The van der Waals surface area contributed by atoms with Crippen LogP contribution in [-0.4, -0.2) is 25.5 Å². The predicted octanol–water partition coefficient (Wildman–Crippen LogP) is 3.19. The van der Waals surface area contributed by atoms with E-state index in [1.54, 1.807) is 24.3 Å². The minimum Gasteiger partial charge on any atom is -0.497 e. The molecule has 0 saturated carbocycles. The molecule has 24 heavy (non-hydrogen) atoms. The average molecular weight is 326 g/mol. The molecule has 0 aliphatic carbocycles. The van der Waals surface area contributed by atoms with Crippen molar-refractivity contribution in [3.8, 4) is 5.75 Å². The normalized spacial score (nSPS) is 10.3. The molecule has 126 valence electrons. The number of nitrogens with one attached hydrogen (secondary N) is 2. The third-order valence-electron chi connectivity index (χ3n) is 3.60. The van der Waals surface area contributed by atoms with Crippen LogP contribution in [0.1, 0.15) is 35.7 Å². The maximum absolute atomic E-state index is 12.1. The van der Waals surface area contributed by atoms with Gasteiger partial charge in [0.25, 0.3) is 5.91 Å². The molecule has 2 aromatic carbocycles. The van der Waals surface area contributed by atoms with Crippen molar-refractivity contribution in [2.75, 3.05) is 19.0 Å². The summed E-state index contributed by atoms with van der Waals surface area (Å²) in [6.45, 7) is 4.04. The zero-order chi connectivity index (χ0) is 17.5. The number of para-hydroxylation sites is 1. The van der Waals surface area contributed by atoms with Gasteiger partial charge >= 0.3 is 0 Å². The fraction of sp³-hybridized carbons (Fsp3) is 0.263. The van der Waals surface area contributed by atoms with Crippen LogP contribution < -0.4 is 15.4 Å². The number of carbonyl (C=O) groups excluding carboxylic acids is 2. The van der Waals surface area contributed by atoms with Gasteiger partial charge in [-0.3, -0.25) is 9.59 Å². The van der Waals surface area contributed by atoms with Gasteiger partial charge in [0.15, 0.2) is 0 Å². The molecule has 0 bridgehead atoms. The minimum atomic E-state index is -0.318. The summed E-state index contributed by atoms with van der Waals surface area (Å²) in [4.78, 5) is 24.2. The SMILES string of the molecule is COc1cccc(C(=O)NCC(=O)Nc2ccccc2C(C)C)c1. The summed E-state index contributed by atoms with van der Waals surface area (Å²) in [5.74, 6) is 0.311. The van der Waals surface area contributed by atoms with Crippen LogP contribution in [0.4, 0.5) is 5.69 Å². The number of hydrogen-bond donors (Lipinski definition) is 2. The summed E-state index contributed by atoms with van der Waals surface area (Å²) in [7, 11) is 1.54. The van der Waals surface area contributed by atoms with Gasteiger partial charge in [-0.05, 0) is 35.7 Å². The van der Waals surface area contributed by atoms with Crippen molar-refractivity contribution in [2.45, 2.75) is 19.8 Å². The van der Waals surface area contributed by atoms with Gasteiger partial charge in [-0.15, -0.1) is 0 Å². The van der Waals surface area contributed by atoms with Crippen LogP contribution in [-0.2, 0) is 4.79 Å². The molecule has 0 atom stereocenters. The Kier molecular flexibility index (Phi) is 5.95. The van der Waals surface area contributed by atoms with Crippen molar-refractivity contribution in [1.29, 1.82) is 0 Å². The van der Waals surface area contributed by atoms with Gasteiger partial charge in [-0.1, -0.05) is 38.1 Å². The van der Waals surface area contributed by atoms with E-state index in [1.165, 1.54) is 7.11 Å². The summed E-state index contributed by atoms with van der Waals surface area (Å²) >= 11 is 0. The molecule has 0 unspecified atom stereocenters. The molecule has 0 saturated heterocycles. The Bertz CT molecular complexity index is 726. The Labute approximate surface area is 142 Å². The first kappa shape index (κ1) is 17.5. The number of anilines is 1. The number of amides is 2. The highest BCUT2D eigenvalue weighted by Gasteiger charge is 2.11. The zero-order valence-corrected chi connectivity index (χ0v) is 14.1. The molecule has 2 rings (SSSR count). The highest BCUT2D eigenvalue weighted by atomic mass is 16.5. The van der Waals surface area contributed by atoms with Gasteiger partial charge in [0.2, 0.25) is 5.91 Å². The van der Waals surface area contributed by atoms with Gasteiger partial charge in [-0.25, -0.2) is 0 Å². The second kappa shape index (κ2) is 8.15. The van der Waals surface area contributed by atoms with Crippen molar-refractivity contribution in [1.82, 2.24) is 5.32 Å². The Hall–Kier alpha value is -2.82. The number of benzene rings is 2. The van der Waals surface area contributed by atoms with E-state index in [2.05, 4.69) is 24.5 Å². The van der Waals surface area contributed by atoms with E-state index in [9.17, 15) is 9.59 Å². The van der Waals surface area contributed by atoms with Crippen LogP contribution in [0.25, 0.3) is 0 Å². The largest absolute Gasteiger partial charge is 0.497 e. The Morgan fingerprint density at radius 3 is 2.54 bits per heavy atom. The van der Waals surface area contributed by atoms with Crippen LogP contribution in [0, 0.1) is 0 Å². The molecule has 5 heteroatoms. The van der Waals surface area contributed by atoms with Gasteiger partial charge in [-0.2, -0.15) is 0 Å². The predicted molar refractivity (Wildman–Crippen MR) is 94.5 cm³/mol. The van der Waals surface area contributed by atoms with Gasteiger partial charge in [0.1, 0.15) is 5.75 Å². The molecule has 0 aliphatic rings. The highest BCUT2D eigenvalue weighted by Crippen LogP contribution is 2.23. The molecule has 0 aromatic heterocycles. The van der Waals surface area contributed by atoms with Crippen molar-refractivity contribution >= 4 is 17.5 Å². The zero-order valence-electron chi connectivity index (χ0n) is 14.1. The Balaban J connectivity index is 1.95. The number of rotatable bonds is 6. The second-order valence-electron chi connectivity index (χ2n) is 5.70. The Morgan fingerprint density at radius 1 is 1.08 bits per heavy atom. The first-order valence-corrected chi connectivity index (χ1v) is 7.82. The molecule has 2 amide bonds. The van der Waals surface area contributed by atoms with E-state index in [0.717, 1.165) is 11.3 Å². The van der Waals surface area contributed by atoms with Crippen LogP contribution in [0.3, 0.4) is 0 Å². The van der Waals surface area contributed by atoms with E-state index in [1.807, 2.05) is 24.3 Å². The summed E-state index contributed by atoms with van der Waals surface area (Å²) < 4.78 is 5.09. The molecular weight excluding hydrogens is 304 g/mol. The summed E-state index contributed by atoms with van der Waals surface area (Å²) in [5, 5.41) is 5.46. The summed E-state index contributed by atoms with van der Waals surface area (Å²) in [5.41, 5.74) is 2.28. The van der Waals surface area contributed by atoms with Crippen LogP contribution in [0.2, 0.25) is 0 Å². The van der Waals surface area contributed by atoms with Crippen molar-refractivity contribution in [2.24, 2.45) is 0 Å². The number of methoxy groups -OCH3 is 1. The minimum absolute atomic E-state index is 0.0948. The van der Waals surface area contributed by atoms with Crippen molar-refractivity contribution in [3.05, 3.63) is 59.7 Å². The lowest BCUT2D eigenvalue weighted by Gasteiger charge is -2.14. The van der Waals surface area contributed by atoms with Crippen LogP contribution in [0.15, 0.2) is 48.5 Å². The van der Waals surface area contributed by atoms with E-state index in [0.29, 0.717) is 17.2 Å². The van der Waals surface area contributed by atoms with E-state index >= 15 is 0 Å². The van der Waals surface area contributed by atoms with E-state index < -0.39 is 0 Å². The lowest BCUT2D eigenvalue weighted by Crippen LogP contribution is -2.33. The number of hydrogen-bond acceptors (Lipinski definition) is 3. The Morgan fingerprint density at radius 2 is 1.83 bits per heavy atom. The second-order valence-corrected chi connectivity index (χ2v) is 5.70. The molecule has 0 spiro atoms. The maximum atomic E-state index is 12.1. The maximum Gasteiger partial charge on any atom is 0.251 e. The molecule has 0 aliphatic heterocycles. The lowest BCUT2D eigenvalue weighted by molar-refractivity contribution is -0.115. The lowest BCUT2D eigenvalue weighted by atomic mass is 10.0. The fourth-order valence-corrected chi connectivity index (χ4v) is 2.34.